The molecular formula is C12H13Br2NO3S. The third kappa shape index (κ3) is 3.38. The molecule has 1 saturated heterocycles. The van der Waals surface area contributed by atoms with Crippen molar-refractivity contribution in [1.29, 1.82) is 0 Å². The normalized spacial score (nSPS) is 22.3. The van der Waals surface area contributed by atoms with Crippen LogP contribution in [0.4, 0.5) is 0 Å². The van der Waals surface area contributed by atoms with Gasteiger partial charge in [-0.05, 0) is 41.1 Å². The first kappa shape index (κ1) is 15.0. The molecule has 0 N–H and O–H groups in total. The Morgan fingerprint density at radius 2 is 2.05 bits per heavy atom. The predicted octanol–water partition coefficient (Wildman–Crippen LogP) is 2.47. The van der Waals surface area contributed by atoms with Crippen LogP contribution in [0.15, 0.2) is 27.1 Å². The van der Waals surface area contributed by atoms with Crippen LogP contribution in [0.25, 0.3) is 0 Å². The van der Waals surface area contributed by atoms with Crippen LogP contribution in [0.2, 0.25) is 0 Å². The highest BCUT2D eigenvalue weighted by atomic mass is 79.9. The molecule has 1 aromatic rings. The van der Waals surface area contributed by atoms with Crippen molar-refractivity contribution < 1.29 is 13.2 Å². The zero-order chi connectivity index (χ0) is 14.2. The van der Waals surface area contributed by atoms with Crippen LogP contribution in [0.1, 0.15) is 17.3 Å². The van der Waals surface area contributed by atoms with Gasteiger partial charge in [0.15, 0.2) is 9.84 Å². The lowest BCUT2D eigenvalue weighted by Crippen LogP contribution is -2.49. The summed E-state index contributed by atoms with van der Waals surface area (Å²) >= 11 is 6.69. The molecule has 1 amide bonds. The smallest absolute Gasteiger partial charge is 0.255 e. The maximum atomic E-state index is 12.4. The van der Waals surface area contributed by atoms with E-state index in [-0.39, 0.29) is 30.0 Å². The zero-order valence-electron chi connectivity index (χ0n) is 10.3. The first-order chi connectivity index (χ1) is 8.80. The summed E-state index contributed by atoms with van der Waals surface area (Å²) in [6.45, 7) is 2.02. The number of halogens is 2. The largest absolute Gasteiger partial charge is 0.334 e. The molecular weight excluding hydrogens is 398 g/mol. The summed E-state index contributed by atoms with van der Waals surface area (Å²) in [5.41, 5.74) is 0.550. The second-order valence-corrected chi connectivity index (χ2v) is 8.58. The molecule has 1 aromatic carbocycles. The Balaban J connectivity index is 2.25. The van der Waals surface area contributed by atoms with Gasteiger partial charge in [-0.25, -0.2) is 8.42 Å². The third-order valence-electron chi connectivity index (χ3n) is 3.09. The molecule has 0 bridgehead atoms. The van der Waals surface area contributed by atoms with Crippen molar-refractivity contribution in [2.75, 3.05) is 18.1 Å². The van der Waals surface area contributed by atoms with Crippen molar-refractivity contribution >= 4 is 47.6 Å². The lowest BCUT2D eigenvalue weighted by molar-refractivity contribution is 0.0711. The highest BCUT2D eigenvalue weighted by Crippen LogP contribution is 2.25. The average molecular weight is 411 g/mol. The van der Waals surface area contributed by atoms with E-state index in [9.17, 15) is 13.2 Å². The second-order valence-electron chi connectivity index (χ2n) is 4.59. The zero-order valence-corrected chi connectivity index (χ0v) is 14.3. The summed E-state index contributed by atoms with van der Waals surface area (Å²) in [6, 6.07) is 5.04. The number of sulfone groups is 1. The van der Waals surface area contributed by atoms with Crippen molar-refractivity contribution in [2.45, 2.75) is 13.0 Å². The molecule has 0 spiro atoms. The number of carbonyl (C=O) groups is 1. The quantitative estimate of drug-likeness (QED) is 0.714. The molecule has 0 radical (unpaired) electrons. The van der Waals surface area contributed by atoms with E-state index >= 15 is 0 Å². The molecule has 0 saturated carbocycles. The van der Waals surface area contributed by atoms with E-state index in [0.29, 0.717) is 10.0 Å². The van der Waals surface area contributed by atoms with Crippen molar-refractivity contribution in [1.82, 2.24) is 4.90 Å². The number of nitrogens with zero attached hydrogens (tertiary/aromatic N) is 1. The minimum atomic E-state index is -3.01. The second kappa shape index (κ2) is 5.54. The van der Waals surface area contributed by atoms with Gasteiger partial charge in [-0.1, -0.05) is 15.9 Å². The van der Waals surface area contributed by atoms with Gasteiger partial charge in [0, 0.05) is 21.5 Å². The molecule has 1 aliphatic heterocycles. The van der Waals surface area contributed by atoms with Gasteiger partial charge >= 0.3 is 0 Å². The molecule has 104 valence electrons. The first-order valence-corrected chi connectivity index (χ1v) is 9.17. The van der Waals surface area contributed by atoms with Crippen LogP contribution < -0.4 is 0 Å². The lowest BCUT2D eigenvalue weighted by Gasteiger charge is -2.33. The summed E-state index contributed by atoms with van der Waals surface area (Å²) in [5.74, 6) is -0.0637. The first-order valence-electron chi connectivity index (χ1n) is 5.76. The molecule has 1 atom stereocenters. The van der Waals surface area contributed by atoms with Crippen molar-refractivity contribution in [3.63, 3.8) is 0 Å². The Morgan fingerprint density at radius 3 is 2.63 bits per heavy atom. The maximum Gasteiger partial charge on any atom is 0.255 e. The molecule has 0 aromatic heterocycles. The van der Waals surface area contributed by atoms with Gasteiger partial charge in [-0.15, -0.1) is 0 Å². The van der Waals surface area contributed by atoms with Gasteiger partial charge in [-0.2, -0.15) is 0 Å². The fourth-order valence-corrected chi connectivity index (χ4v) is 4.89. The fourth-order valence-electron chi connectivity index (χ4n) is 2.12. The number of amides is 1. The minimum Gasteiger partial charge on any atom is -0.334 e. The average Bonchev–Trinajstić information content (AvgIpc) is 2.26. The van der Waals surface area contributed by atoms with Crippen molar-refractivity contribution in [3.8, 4) is 0 Å². The lowest BCUT2D eigenvalue weighted by atomic mass is 10.1. The van der Waals surface area contributed by atoms with Crippen LogP contribution in [-0.2, 0) is 9.84 Å². The highest BCUT2D eigenvalue weighted by Gasteiger charge is 2.32. The van der Waals surface area contributed by atoms with Gasteiger partial charge in [0.05, 0.1) is 17.1 Å². The molecule has 2 rings (SSSR count). The number of benzene rings is 1. The SMILES string of the molecule is CC1CS(=O)(=O)CCN1C(=O)c1ccc(Br)cc1Br. The van der Waals surface area contributed by atoms with Crippen LogP contribution >= 0.6 is 31.9 Å². The number of hydrogen-bond acceptors (Lipinski definition) is 3. The topological polar surface area (TPSA) is 54.5 Å². The molecule has 7 heteroatoms. The Morgan fingerprint density at radius 1 is 1.37 bits per heavy atom. The predicted molar refractivity (Wildman–Crippen MR) is 81.0 cm³/mol. The number of carbonyl (C=O) groups excluding carboxylic acids is 1. The van der Waals surface area contributed by atoms with Gasteiger partial charge in [0.2, 0.25) is 0 Å². The van der Waals surface area contributed by atoms with E-state index in [1.807, 2.05) is 0 Å². The van der Waals surface area contributed by atoms with E-state index in [1.54, 1.807) is 30.0 Å². The van der Waals surface area contributed by atoms with Crippen molar-refractivity contribution in [2.24, 2.45) is 0 Å². The molecule has 1 heterocycles. The van der Waals surface area contributed by atoms with Crippen LogP contribution in [0, 0.1) is 0 Å². The third-order valence-corrected chi connectivity index (χ3v) is 6.04. The molecule has 1 unspecified atom stereocenters. The van der Waals surface area contributed by atoms with Gasteiger partial charge < -0.3 is 4.90 Å². The molecule has 1 fully saturated rings. The summed E-state index contributed by atoms with van der Waals surface area (Å²) in [5, 5.41) is 0. The molecule has 19 heavy (non-hydrogen) atoms. The van der Waals surface area contributed by atoms with E-state index in [2.05, 4.69) is 31.9 Å². The van der Waals surface area contributed by atoms with Gasteiger partial charge in [-0.3, -0.25) is 4.79 Å². The number of rotatable bonds is 1. The summed E-state index contributed by atoms with van der Waals surface area (Å²) < 4.78 is 24.6. The Kier molecular flexibility index (Phi) is 4.37. The summed E-state index contributed by atoms with van der Waals surface area (Å²) in [4.78, 5) is 14.1. The van der Waals surface area contributed by atoms with Crippen molar-refractivity contribution in [3.05, 3.63) is 32.7 Å². The number of hydrogen-bond donors (Lipinski definition) is 0. The van der Waals surface area contributed by atoms with E-state index < -0.39 is 9.84 Å². The van der Waals surface area contributed by atoms with Gasteiger partial charge in [0.1, 0.15) is 0 Å². The minimum absolute atomic E-state index is 0.0346. The van der Waals surface area contributed by atoms with E-state index in [4.69, 9.17) is 0 Å². The fraction of sp³-hybridized carbons (Fsp3) is 0.417. The summed E-state index contributed by atoms with van der Waals surface area (Å²) in [7, 11) is -3.01. The molecule has 1 aliphatic rings. The van der Waals surface area contributed by atoms with Crippen LogP contribution in [0.3, 0.4) is 0 Å². The monoisotopic (exact) mass is 409 g/mol. The molecule has 0 aliphatic carbocycles. The molecule has 4 nitrogen and oxygen atoms in total. The standard InChI is InChI=1S/C12H13Br2NO3S/c1-8-7-19(17,18)5-4-15(8)12(16)10-3-2-9(13)6-11(10)14/h2-3,6,8H,4-5,7H2,1H3. The Labute approximate surface area is 129 Å². The van der Waals surface area contributed by atoms with Crippen LogP contribution in [0.5, 0.6) is 0 Å². The van der Waals surface area contributed by atoms with Crippen LogP contribution in [-0.4, -0.2) is 43.3 Å². The highest BCUT2D eigenvalue weighted by molar-refractivity contribution is 9.11. The van der Waals surface area contributed by atoms with Gasteiger partial charge in [0.25, 0.3) is 5.91 Å². The maximum absolute atomic E-state index is 12.4. The Hall–Kier alpha value is -0.400. The van der Waals surface area contributed by atoms with E-state index in [0.717, 1.165) is 4.47 Å². The summed E-state index contributed by atoms with van der Waals surface area (Å²) in [6.07, 6.45) is 0. The van der Waals surface area contributed by atoms with E-state index in [1.165, 1.54) is 0 Å². The Bertz CT molecular complexity index is 615.